The number of ether oxygens (including phenoxy) is 2. The van der Waals surface area contributed by atoms with Gasteiger partial charge in [-0.3, -0.25) is 28.8 Å². The van der Waals surface area contributed by atoms with Gasteiger partial charge in [-0.15, -0.1) is 0 Å². The summed E-state index contributed by atoms with van der Waals surface area (Å²) in [6, 6.07) is 7.70. The van der Waals surface area contributed by atoms with Gasteiger partial charge < -0.3 is 40.6 Å². The van der Waals surface area contributed by atoms with Crippen molar-refractivity contribution in [3.05, 3.63) is 97.6 Å². The molecule has 1 aliphatic carbocycles. The topological polar surface area (TPSA) is 221 Å². The number of carbonyl (C=O) groups excluding carboxylic acids is 6. The molecule has 4 aromatic rings. The summed E-state index contributed by atoms with van der Waals surface area (Å²) in [4.78, 5) is 100. The number of nitrogens with zero attached hydrogens (tertiary/aromatic N) is 3. The molecular weight excluding hydrogens is 814 g/mol. The van der Waals surface area contributed by atoms with Gasteiger partial charge in [0.25, 0.3) is 5.56 Å². The number of hydrogen-bond donors (Lipinski definition) is 4. The van der Waals surface area contributed by atoms with E-state index in [1.807, 2.05) is 6.07 Å². The maximum Gasteiger partial charge on any atom is 0.343 e. The number of nitrogens with two attached hydrogens (primary N) is 1. The van der Waals surface area contributed by atoms with Gasteiger partial charge in [-0.25, -0.2) is 14.2 Å². The maximum absolute atomic E-state index is 15.5. The van der Waals surface area contributed by atoms with E-state index in [1.165, 1.54) is 31.5 Å². The van der Waals surface area contributed by atoms with Gasteiger partial charge in [-0.2, -0.15) is 0 Å². The third-order valence-electron chi connectivity index (χ3n) is 12.4. The molecule has 4 heterocycles. The molecule has 5 unspecified atom stereocenters. The van der Waals surface area contributed by atoms with E-state index in [4.69, 9.17) is 20.2 Å². The van der Waals surface area contributed by atoms with Crippen molar-refractivity contribution in [2.24, 2.45) is 5.73 Å². The zero-order chi connectivity index (χ0) is 45.7. The Labute approximate surface area is 363 Å². The average molecular weight is 866 g/mol. The van der Waals surface area contributed by atoms with Gasteiger partial charge in [0.1, 0.15) is 30.5 Å². The molecule has 63 heavy (non-hydrogen) atoms. The van der Waals surface area contributed by atoms with Crippen LogP contribution in [0.15, 0.2) is 47.3 Å². The van der Waals surface area contributed by atoms with Crippen molar-refractivity contribution >= 4 is 46.4 Å². The monoisotopic (exact) mass is 865 g/mol. The number of rotatable bonds is 14. The molecule has 7 rings (SSSR count). The van der Waals surface area contributed by atoms with Crippen LogP contribution in [0.1, 0.15) is 98.9 Å². The van der Waals surface area contributed by atoms with Crippen molar-refractivity contribution < 1.29 is 42.6 Å². The van der Waals surface area contributed by atoms with E-state index in [0.29, 0.717) is 62.9 Å². The first-order valence-electron chi connectivity index (χ1n) is 21.1. The average Bonchev–Trinajstić information content (AvgIpc) is 3.61. The van der Waals surface area contributed by atoms with Gasteiger partial charge in [0.2, 0.25) is 29.5 Å². The molecule has 16 nitrogen and oxygen atoms in total. The van der Waals surface area contributed by atoms with Crippen molar-refractivity contribution in [2.75, 3.05) is 7.05 Å². The van der Waals surface area contributed by atoms with Crippen molar-refractivity contribution in [3.8, 4) is 11.4 Å². The minimum absolute atomic E-state index is 0.0415. The van der Waals surface area contributed by atoms with Crippen LogP contribution in [0.2, 0.25) is 0 Å². The molecule has 17 heteroatoms. The second kappa shape index (κ2) is 17.3. The molecule has 0 saturated heterocycles. The molecule has 0 bridgehead atoms. The predicted molar refractivity (Wildman–Crippen MR) is 228 cm³/mol. The van der Waals surface area contributed by atoms with E-state index < -0.39 is 83.3 Å². The Morgan fingerprint density at radius 3 is 2.41 bits per heavy atom. The number of likely N-dealkylation sites (N-methyl/N-ethyl adjacent to an activating group) is 1. The van der Waals surface area contributed by atoms with Crippen LogP contribution in [0.25, 0.3) is 22.3 Å². The van der Waals surface area contributed by atoms with Crippen LogP contribution in [0, 0.1) is 12.7 Å². The van der Waals surface area contributed by atoms with E-state index in [0.717, 1.165) is 10.5 Å². The number of hydrogen-bond acceptors (Lipinski definition) is 10. The quantitative estimate of drug-likeness (QED) is 0.120. The summed E-state index contributed by atoms with van der Waals surface area (Å²) >= 11 is 0. The summed E-state index contributed by atoms with van der Waals surface area (Å²) in [6.07, 6.45) is -0.0878. The largest absolute Gasteiger partial charge is 0.458 e. The number of fused-ring (bicyclic) bond motifs is 5. The standard InChI is InChI=1S/C46H52FN7O9/c1-8-46(63-22(2)3)30-17-35-40-28(20-54(35)44(60)29(30)21-62-45(46)61)39-32(15-14-27-23(4)31(47)18-33(50-40)38(27)39)51-42(58)34(19-36(48)55)52-41(57)25(6)53(7)43(59)24(5)49-37(56)16-26-12-10-9-11-13-26/h9-13,17-18,22,24-25,32,34H,8,14-16,19-21H2,1-7H3,(H2,48,55)(H,49,56)(H,51,58)(H,52,57). The minimum atomic E-state index is -1.55. The molecule has 5 amide bonds. The lowest BCUT2D eigenvalue weighted by molar-refractivity contribution is -0.187. The molecule has 332 valence electrons. The van der Waals surface area contributed by atoms with Gasteiger partial charge >= 0.3 is 5.97 Å². The lowest BCUT2D eigenvalue weighted by Crippen LogP contribution is -2.56. The second-order valence-corrected chi connectivity index (χ2v) is 16.9. The highest BCUT2D eigenvalue weighted by molar-refractivity contribution is 5.97. The van der Waals surface area contributed by atoms with E-state index in [-0.39, 0.29) is 37.5 Å². The molecule has 0 saturated carbocycles. The zero-order valence-electron chi connectivity index (χ0n) is 36.3. The highest BCUT2D eigenvalue weighted by Crippen LogP contribution is 2.46. The first-order valence-corrected chi connectivity index (χ1v) is 21.1. The molecule has 2 aromatic carbocycles. The van der Waals surface area contributed by atoms with Crippen LogP contribution < -0.4 is 27.2 Å². The third-order valence-corrected chi connectivity index (χ3v) is 12.4. The van der Waals surface area contributed by atoms with Crippen molar-refractivity contribution in [1.82, 2.24) is 30.4 Å². The van der Waals surface area contributed by atoms with Crippen molar-refractivity contribution in [1.29, 1.82) is 0 Å². The smallest absolute Gasteiger partial charge is 0.343 e. The van der Waals surface area contributed by atoms with Gasteiger partial charge in [0.05, 0.1) is 54.0 Å². The van der Waals surface area contributed by atoms with Crippen LogP contribution in [0.5, 0.6) is 0 Å². The van der Waals surface area contributed by atoms with E-state index in [2.05, 4.69) is 16.0 Å². The second-order valence-electron chi connectivity index (χ2n) is 16.9. The normalized spacial score (nSPS) is 18.6. The number of primary amides is 1. The molecule has 5 atom stereocenters. The molecular formula is C46H52FN7O9. The lowest BCUT2D eigenvalue weighted by Gasteiger charge is -2.37. The maximum atomic E-state index is 15.5. The van der Waals surface area contributed by atoms with Gasteiger partial charge in [0.15, 0.2) is 5.60 Å². The Morgan fingerprint density at radius 1 is 1.03 bits per heavy atom. The van der Waals surface area contributed by atoms with Crippen LogP contribution in [0.3, 0.4) is 0 Å². The van der Waals surface area contributed by atoms with E-state index in [9.17, 15) is 33.6 Å². The summed E-state index contributed by atoms with van der Waals surface area (Å²) in [6.45, 7) is 9.75. The van der Waals surface area contributed by atoms with Gasteiger partial charge in [0, 0.05) is 29.6 Å². The predicted octanol–water partition coefficient (Wildman–Crippen LogP) is 3.02. The van der Waals surface area contributed by atoms with Crippen LogP contribution in [0.4, 0.5) is 4.39 Å². The Morgan fingerprint density at radius 2 is 1.75 bits per heavy atom. The molecule has 0 spiro atoms. The first-order chi connectivity index (χ1) is 29.9. The molecule has 0 radical (unpaired) electrons. The van der Waals surface area contributed by atoms with Crippen LogP contribution in [-0.2, 0) is 69.8 Å². The number of carbonyl (C=O) groups is 6. The summed E-state index contributed by atoms with van der Waals surface area (Å²) in [5.41, 5.74) is 8.43. The SMILES string of the molecule is CCC1(OC(C)C)C(=O)OCc2c1cc1n(c2=O)Cc2c-1nc1cc(F)c(C)c3c1c2C(NC(=O)C(CC(N)=O)NC(=O)C(C)N(C)C(=O)C(C)NC(=O)Cc1ccccc1)CC3. The van der Waals surface area contributed by atoms with Crippen LogP contribution in [-0.4, -0.2) is 81.2 Å². The summed E-state index contributed by atoms with van der Waals surface area (Å²) in [5, 5.41) is 8.87. The van der Waals surface area contributed by atoms with E-state index in [1.54, 1.807) is 58.0 Å². The number of cyclic esters (lactones) is 1. The van der Waals surface area contributed by atoms with Crippen LogP contribution >= 0.6 is 0 Å². The molecule has 2 aromatic heterocycles. The Kier molecular flexibility index (Phi) is 12.3. The van der Waals surface area contributed by atoms with Crippen molar-refractivity contribution in [3.63, 3.8) is 0 Å². The minimum Gasteiger partial charge on any atom is -0.458 e. The number of nitrogens with one attached hydrogen (secondary N) is 3. The Hall–Kier alpha value is -6.49. The molecule has 5 N–H and O–H groups in total. The number of aromatic nitrogens is 2. The number of aryl methyl sites for hydroxylation is 1. The summed E-state index contributed by atoms with van der Waals surface area (Å²) in [7, 11) is 1.39. The number of esters is 1. The highest BCUT2D eigenvalue weighted by Gasteiger charge is 2.49. The first kappa shape index (κ1) is 44.6. The zero-order valence-corrected chi connectivity index (χ0v) is 36.3. The fraction of sp³-hybridized carbons (Fsp3) is 0.435. The summed E-state index contributed by atoms with van der Waals surface area (Å²) < 4.78 is 28.8. The Balaban J connectivity index is 1.18. The fourth-order valence-electron chi connectivity index (χ4n) is 9.07. The highest BCUT2D eigenvalue weighted by atomic mass is 19.1. The third kappa shape index (κ3) is 8.17. The number of pyridine rings is 2. The number of benzene rings is 2. The van der Waals surface area contributed by atoms with Gasteiger partial charge in [-0.1, -0.05) is 37.3 Å². The molecule has 0 fully saturated rings. The van der Waals surface area contributed by atoms with E-state index >= 15 is 4.39 Å². The molecule has 3 aliphatic rings. The van der Waals surface area contributed by atoms with Crippen molar-refractivity contribution in [2.45, 2.75) is 123 Å². The molecule has 2 aliphatic heterocycles. The fourth-order valence-corrected chi connectivity index (χ4v) is 9.07. The van der Waals surface area contributed by atoms with Gasteiger partial charge in [-0.05, 0) is 82.2 Å². The Bertz CT molecular complexity index is 2630. The summed E-state index contributed by atoms with van der Waals surface area (Å²) in [5.74, 6) is -4.40. The number of amides is 5. The number of halogens is 1. The lowest BCUT2D eigenvalue weighted by atomic mass is 9.81.